The molecule has 0 bridgehead atoms. The van der Waals surface area contributed by atoms with E-state index in [1.165, 1.54) is 25.7 Å². The van der Waals surface area contributed by atoms with E-state index >= 15 is 0 Å². The highest BCUT2D eigenvalue weighted by atomic mass is 35.5. The van der Waals surface area contributed by atoms with Crippen molar-refractivity contribution in [2.24, 2.45) is 11.7 Å². The van der Waals surface area contributed by atoms with Crippen LogP contribution in [-0.4, -0.2) is 44.2 Å². The van der Waals surface area contributed by atoms with Crippen LogP contribution in [0, 0.1) is 5.92 Å². The summed E-state index contributed by atoms with van der Waals surface area (Å²) in [6.07, 6.45) is 5.10. The van der Waals surface area contributed by atoms with Crippen LogP contribution in [0.1, 0.15) is 25.7 Å². The van der Waals surface area contributed by atoms with E-state index in [1.807, 2.05) is 7.05 Å². The number of ether oxygens (including phenoxy) is 1. The third-order valence-corrected chi connectivity index (χ3v) is 3.05. The number of nitrogens with zero attached hydrogens (tertiary/aromatic N) is 1. The van der Waals surface area contributed by atoms with Gasteiger partial charge in [-0.15, -0.1) is 12.4 Å². The third kappa shape index (κ3) is 4.68. The molecule has 0 spiro atoms. The Hall–Kier alpha value is -0.320. The van der Waals surface area contributed by atoms with Gasteiger partial charge in [0, 0.05) is 20.7 Å². The Labute approximate surface area is 104 Å². The van der Waals surface area contributed by atoms with Crippen LogP contribution in [0.3, 0.4) is 0 Å². The number of likely N-dealkylation sites (N-methyl/N-ethyl adjacent to an activating group) is 1. The molecule has 1 atom stereocenters. The zero-order chi connectivity index (χ0) is 11.3. The zero-order valence-corrected chi connectivity index (χ0v) is 11.0. The fourth-order valence-electron chi connectivity index (χ4n) is 2.20. The van der Waals surface area contributed by atoms with E-state index in [1.54, 1.807) is 12.0 Å². The quantitative estimate of drug-likeness (QED) is 0.793. The van der Waals surface area contributed by atoms with E-state index in [2.05, 4.69) is 0 Å². The Morgan fingerprint density at radius 2 is 2.06 bits per heavy atom. The summed E-state index contributed by atoms with van der Waals surface area (Å²) in [6, 6.07) is -0.513. The van der Waals surface area contributed by atoms with Gasteiger partial charge in [0.05, 0.1) is 6.61 Å². The summed E-state index contributed by atoms with van der Waals surface area (Å²) in [6.45, 7) is 1.14. The minimum absolute atomic E-state index is 0. The predicted molar refractivity (Wildman–Crippen MR) is 66.7 cm³/mol. The summed E-state index contributed by atoms with van der Waals surface area (Å²) in [5, 5.41) is 0. The van der Waals surface area contributed by atoms with Crippen LogP contribution in [0.2, 0.25) is 0 Å². The first-order valence-corrected chi connectivity index (χ1v) is 5.64. The standard InChI is InChI=1S/C11H22N2O2.ClH/c1-13(7-9-5-3-4-6-9)11(14)10(12)8-15-2;/h9-10H,3-8,12H2,1-2H3;1H. The van der Waals surface area contributed by atoms with Gasteiger partial charge in [-0.25, -0.2) is 0 Å². The molecule has 1 aliphatic rings. The molecule has 1 saturated carbocycles. The third-order valence-electron chi connectivity index (χ3n) is 3.05. The molecule has 0 saturated heterocycles. The van der Waals surface area contributed by atoms with Crippen molar-refractivity contribution < 1.29 is 9.53 Å². The van der Waals surface area contributed by atoms with Crippen molar-refractivity contribution in [2.45, 2.75) is 31.7 Å². The molecule has 0 heterocycles. The Kier molecular flexibility index (Phi) is 7.72. The van der Waals surface area contributed by atoms with Crippen LogP contribution in [0.25, 0.3) is 0 Å². The second-order valence-electron chi connectivity index (χ2n) is 4.43. The van der Waals surface area contributed by atoms with E-state index < -0.39 is 6.04 Å². The van der Waals surface area contributed by atoms with Crippen LogP contribution in [-0.2, 0) is 9.53 Å². The largest absolute Gasteiger partial charge is 0.383 e. The monoisotopic (exact) mass is 250 g/mol. The molecule has 0 aromatic rings. The fourth-order valence-corrected chi connectivity index (χ4v) is 2.20. The number of nitrogens with two attached hydrogens (primary N) is 1. The fraction of sp³-hybridized carbons (Fsp3) is 0.909. The van der Waals surface area contributed by atoms with E-state index in [0.29, 0.717) is 12.5 Å². The molecule has 1 fully saturated rings. The molecule has 1 amide bonds. The highest BCUT2D eigenvalue weighted by Gasteiger charge is 2.22. The zero-order valence-electron chi connectivity index (χ0n) is 10.1. The van der Waals surface area contributed by atoms with Gasteiger partial charge >= 0.3 is 0 Å². The maximum Gasteiger partial charge on any atom is 0.241 e. The maximum atomic E-state index is 11.7. The normalized spacial score (nSPS) is 17.9. The number of amides is 1. The Bertz CT molecular complexity index is 208. The maximum absolute atomic E-state index is 11.7. The molecule has 5 heteroatoms. The summed E-state index contributed by atoms with van der Waals surface area (Å²) < 4.78 is 4.87. The van der Waals surface area contributed by atoms with Gasteiger partial charge in [0.1, 0.15) is 6.04 Å². The van der Waals surface area contributed by atoms with Crippen LogP contribution in [0.4, 0.5) is 0 Å². The van der Waals surface area contributed by atoms with Crippen LogP contribution in [0.5, 0.6) is 0 Å². The van der Waals surface area contributed by atoms with Gasteiger partial charge in [-0.2, -0.15) is 0 Å². The van der Waals surface area contributed by atoms with Gasteiger partial charge in [0.25, 0.3) is 0 Å². The van der Waals surface area contributed by atoms with Gasteiger partial charge in [0.2, 0.25) is 5.91 Å². The molecule has 0 radical (unpaired) electrons. The molecule has 4 nitrogen and oxygen atoms in total. The van der Waals surface area contributed by atoms with E-state index in [0.717, 1.165) is 6.54 Å². The molecule has 0 aromatic carbocycles. The van der Waals surface area contributed by atoms with Crippen LogP contribution >= 0.6 is 12.4 Å². The summed E-state index contributed by atoms with van der Waals surface area (Å²) in [7, 11) is 3.39. The van der Waals surface area contributed by atoms with Crippen LogP contribution < -0.4 is 5.73 Å². The number of hydrogen-bond donors (Lipinski definition) is 1. The first kappa shape index (κ1) is 15.7. The number of methoxy groups -OCH3 is 1. The topological polar surface area (TPSA) is 55.6 Å². The minimum atomic E-state index is -0.513. The Morgan fingerprint density at radius 1 is 1.50 bits per heavy atom. The molecule has 16 heavy (non-hydrogen) atoms. The van der Waals surface area contributed by atoms with Crippen molar-refractivity contribution in [2.75, 3.05) is 27.3 Å². The van der Waals surface area contributed by atoms with E-state index in [9.17, 15) is 4.79 Å². The smallest absolute Gasteiger partial charge is 0.241 e. The molecule has 1 unspecified atom stereocenters. The summed E-state index contributed by atoms with van der Waals surface area (Å²) in [4.78, 5) is 13.5. The van der Waals surface area contributed by atoms with Gasteiger partial charge in [-0.3, -0.25) is 4.79 Å². The Morgan fingerprint density at radius 3 is 2.56 bits per heavy atom. The number of halogens is 1. The van der Waals surface area contributed by atoms with E-state index in [-0.39, 0.29) is 18.3 Å². The highest BCUT2D eigenvalue weighted by Crippen LogP contribution is 2.25. The lowest BCUT2D eigenvalue weighted by Gasteiger charge is -2.23. The molecule has 2 N–H and O–H groups in total. The predicted octanol–water partition coefficient (Wildman–Crippen LogP) is 1.03. The average molecular weight is 251 g/mol. The molecule has 1 rings (SSSR count). The minimum Gasteiger partial charge on any atom is -0.383 e. The van der Waals surface area contributed by atoms with Gasteiger partial charge in [0.15, 0.2) is 0 Å². The van der Waals surface area contributed by atoms with Crippen molar-refractivity contribution in [3.8, 4) is 0 Å². The van der Waals surface area contributed by atoms with Crippen molar-refractivity contribution in [1.82, 2.24) is 4.90 Å². The molecular weight excluding hydrogens is 228 g/mol. The lowest BCUT2D eigenvalue weighted by molar-refractivity contribution is -0.133. The molecular formula is C11H23ClN2O2. The SMILES string of the molecule is COCC(N)C(=O)N(C)CC1CCCC1.Cl. The average Bonchev–Trinajstić information content (AvgIpc) is 2.69. The summed E-state index contributed by atoms with van der Waals surface area (Å²) in [5.74, 6) is 0.664. The second-order valence-corrected chi connectivity index (χ2v) is 4.43. The number of hydrogen-bond acceptors (Lipinski definition) is 3. The molecule has 0 aromatic heterocycles. The highest BCUT2D eigenvalue weighted by molar-refractivity contribution is 5.85. The van der Waals surface area contributed by atoms with E-state index in [4.69, 9.17) is 10.5 Å². The number of carbonyl (C=O) groups is 1. The summed E-state index contributed by atoms with van der Waals surface area (Å²) >= 11 is 0. The lowest BCUT2D eigenvalue weighted by atomic mass is 10.1. The molecule has 1 aliphatic carbocycles. The van der Waals surface area contributed by atoms with Gasteiger partial charge < -0.3 is 15.4 Å². The first-order chi connectivity index (χ1) is 7.15. The van der Waals surface area contributed by atoms with Crippen molar-refractivity contribution in [3.63, 3.8) is 0 Å². The van der Waals surface area contributed by atoms with Crippen molar-refractivity contribution >= 4 is 18.3 Å². The number of rotatable bonds is 5. The summed E-state index contributed by atoms with van der Waals surface area (Å²) in [5.41, 5.74) is 5.69. The molecule has 96 valence electrons. The van der Waals surface area contributed by atoms with Crippen LogP contribution in [0.15, 0.2) is 0 Å². The van der Waals surface area contributed by atoms with Gasteiger partial charge in [-0.1, -0.05) is 12.8 Å². The van der Waals surface area contributed by atoms with Crippen molar-refractivity contribution in [3.05, 3.63) is 0 Å². The second kappa shape index (κ2) is 7.87. The number of carbonyl (C=O) groups excluding carboxylic acids is 1. The lowest BCUT2D eigenvalue weighted by Crippen LogP contribution is -2.45. The van der Waals surface area contributed by atoms with Gasteiger partial charge in [-0.05, 0) is 18.8 Å². The molecule has 0 aliphatic heterocycles. The Balaban J connectivity index is 0.00000225. The van der Waals surface area contributed by atoms with Crippen molar-refractivity contribution in [1.29, 1.82) is 0 Å². The first-order valence-electron chi connectivity index (χ1n) is 5.64.